The van der Waals surface area contributed by atoms with Crippen molar-refractivity contribution in [1.82, 2.24) is 5.32 Å². The zero-order chi connectivity index (χ0) is 17.2. The van der Waals surface area contributed by atoms with Gasteiger partial charge in [0.05, 0.1) is 12.3 Å². The van der Waals surface area contributed by atoms with Gasteiger partial charge in [-0.25, -0.2) is 0 Å². The van der Waals surface area contributed by atoms with Crippen molar-refractivity contribution in [1.29, 1.82) is 0 Å². The Labute approximate surface area is 157 Å². The van der Waals surface area contributed by atoms with E-state index >= 15 is 0 Å². The molecular formula is C19H31ClN2O3. The Balaban J connectivity index is 0.00000312. The van der Waals surface area contributed by atoms with Crippen molar-refractivity contribution in [2.75, 3.05) is 38.7 Å². The molecule has 1 amide bonds. The second-order valence-corrected chi connectivity index (χ2v) is 6.51. The van der Waals surface area contributed by atoms with Crippen LogP contribution in [0.15, 0.2) is 24.3 Å². The van der Waals surface area contributed by atoms with Gasteiger partial charge in [0.2, 0.25) is 5.91 Å². The third-order valence-corrected chi connectivity index (χ3v) is 4.61. The van der Waals surface area contributed by atoms with Crippen LogP contribution in [0.1, 0.15) is 32.6 Å². The molecule has 1 saturated heterocycles. The standard InChI is InChI=1S/C19H30N2O3.ClH/c1-15(16-8-10-20-11-9-16)14-19(22)21-17-6-3-4-7-18(17)24-13-5-12-23-2;/h3-4,6-7,15-16,20H,5,8-14H2,1-2H3,(H,21,22);1H. The van der Waals surface area contributed by atoms with Crippen molar-refractivity contribution in [3.63, 3.8) is 0 Å². The lowest BCUT2D eigenvalue weighted by molar-refractivity contribution is -0.117. The fourth-order valence-electron chi connectivity index (χ4n) is 3.15. The number of amides is 1. The summed E-state index contributed by atoms with van der Waals surface area (Å²) in [7, 11) is 1.68. The van der Waals surface area contributed by atoms with Crippen molar-refractivity contribution in [3.8, 4) is 5.75 Å². The van der Waals surface area contributed by atoms with Crippen LogP contribution in [-0.2, 0) is 9.53 Å². The van der Waals surface area contributed by atoms with Crippen molar-refractivity contribution < 1.29 is 14.3 Å². The van der Waals surface area contributed by atoms with Gasteiger partial charge in [-0.05, 0) is 49.9 Å². The zero-order valence-electron chi connectivity index (χ0n) is 15.3. The molecule has 2 N–H and O–H groups in total. The number of hydrogen-bond acceptors (Lipinski definition) is 4. The molecule has 25 heavy (non-hydrogen) atoms. The van der Waals surface area contributed by atoms with E-state index in [0.717, 1.165) is 43.8 Å². The molecule has 6 heteroatoms. The molecule has 0 radical (unpaired) electrons. The summed E-state index contributed by atoms with van der Waals surface area (Å²) >= 11 is 0. The molecule has 1 aliphatic heterocycles. The minimum atomic E-state index is 0. The summed E-state index contributed by atoms with van der Waals surface area (Å²) in [5.41, 5.74) is 0.748. The maximum absolute atomic E-state index is 12.4. The van der Waals surface area contributed by atoms with Gasteiger partial charge in [0.15, 0.2) is 0 Å². The first-order valence-electron chi connectivity index (χ1n) is 8.92. The molecule has 0 spiro atoms. The highest BCUT2D eigenvalue weighted by atomic mass is 35.5. The molecule has 0 saturated carbocycles. The van der Waals surface area contributed by atoms with E-state index in [-0.39, 0.29) is 18.3 Å². The largest absolute Gasteiger partial charge is 0.491 e. The normalized spacial score (nSPS) is 15.9. The molecule has 142 valence electrons. The van der Waals surface area contributed by atoms with Crippen LogP contribution in [0, 0.1) is 11.8 Å². The summed E-state index contributed by atoms with van der Waals surface area (Å²) < 4.78 is 10.8. The second kappa shape index (κ2) is 12.1. The fourth-order valence-corrected chi connectivity index (χ4v) is 3.15. The first-order chi connectivity index (χ1) is 11.7. The lowest BCUT2D eigenvalue weighted by Gasteiger charge is -2.28. The molecule has 1 atom stereocenters. The fraction of sp³-hybridized carbons (Fsp3) is 0.632. The minimum absolute atomic E-state index is 0. The molecular weight excluding hydrogens is 340 g/mol. The number of carbonyl (C=O) groups is 1. The van der Waals surface area contributed by atoms with Crippen molar-refractivity contribution in [3.05, 3.63) is 24.3 Å². The highest BCUT2D eigenvalue weighted by Gasteiger charge is 2.22. The van der Waals surface area contributed by atoms with Crippen LogP contribution in [0.5, 0.6) is 5.75 Å². The molecule has 2 rings (SSSR count). The van der Waals surface area contributed by atoms with Gasteiger partial charge in [-0.1, -0.05) is 19.1 Å². The van der Waals surface area contributed by atoms with E-state index in [1.165, 1.54) is 0 Å². The number of ether oxygens (including phenoxy) is 2. The highest BCUT2D eigenvalue weighted by Crippen LogP contribution is 2.27. The average molecular weight is 371 g/mol. The van der Waals surface area contributed by atoms with Crippen LogP contribution in [0.25, 0.3) is 0 Å². The second-order valence-electron chi connectivity index (χ2n) is 6.51. The average Bonchev–Trinajstić information content (AvgIpc) is 2.60. The number of anilines is 1. The number of methoxy groups -OCH3 is 1. The molecule has 1 heterocycles. The van der Waals surface area contributed by atoms with E-state index in [4.69, 9.17) is 9.47 Å². The summed E-state index contributed by atoms with van der Waals surface area (Å²) in [6.07, 6.45) is 3.70. The summed E-state index contributed by atoms with van der Waals surface area (Å²) in [5, 5.41) is 6.38. The van der Waals surface area contributed by atoms with Gasteiger partial charge in [0.25, 0.3) is 0 Å². The van der Waals surface area contributed by atoms with Crippen LogP contribution < -0.4 is 15.4 Å². The summed E-state index contributed by atoms with van der Waals surface area (Å²) in [6.45, 7) is 5.56. The number of hydrogen-bond donors (Lipinski definition) is 2. The third-order valence-electron chi connectivity index (χ3n) is 4.61. The van der Waals surface area contributed by atoms with Gasteiger partial charge < -0.3 is 20.1 Å². The van der Waals surface area contributed by atoms with Crippen LogP contribution in [-0.4, -0.2) is 39.3 Å². The van der Waals surface area contributed by atoms with E-state index in [9.17, 15) is 4.79 Å². The predicted octanol–water partition coefficient (Wildman–Crippen LogP) is 3.49. The molecule has 0 aliphatic carbocycles. The molecule has 1 aliphatic rings. The van der Waals surface area contributed by atoms with Crippen molar-refractivity contribution in [2.45, 2.75) is 32.6 Å². The quantitative estimate of drug-likeness (QED) is 0.653. The summed E-state index contributed by atoms with van der Waals surface area (Å²) in [5.74, 6) is 1.82. The number of piperidine rings is 1. The SMILES string of the molecule is COCCCOc1ccccc1NC(=O)CC(C)C1CCNCC1.Cl. The Bertz CT molecular complexity index is 507. The summed E-state index contributed by atoms with van der Waals surface area (Å²) in [6, 6.07) is 7.60. The molecule has 0 bridgehead atoms. The number of halogens is 1. The van der Waals surface area contributed by atoms with Crippen LogP contribution >= 0.6 is 12.4 Å². The Morgan fingerprint density at radius 3 is 2.72 bits per heavy atom. The molecule has 1 aromatic rings. The maximum atomic E-state index is 12.4. The third kappa shape index (κ3) is 7.63. The molecule has 1 aromatic carbocycles. The monoisotopic (exact) mass is 370 g/mol. The summed E-state index contributed by atoms with van der Waals surface area (Å²) in [4.78, 5) is 12.4. The zero-order valence-corrected chi connectivity index (χ0v) is 16.1. The first kappa shape index (κ1) is 21.7. The van der Waals surface area contributed by atoms with Crippen LogP contribution in [0.3, 0.4) is 0 Å². The lowest BCUT2D eigenvalue weighted by atomic mass is 9.84. The van der Waals surface area contributed by atoms with Crippen molar-refractivity contribution >= 4 is 24.0 Å². The van der Waals surface area contributed by atoms with E-state index in [0.29, 0.717) is 31.5 Å². The number of rotatable bonds is 9. The van der Waals surface area contributed by atoms with E-state index < -0.39 is 0 Å². The van der Waals surface area contributed by atoms with Crippen LogP contribution in [0.2, 0.25) is 0 Å². The Morgan fingerprint density at radius 2 is 2.00 bits per heavy atom. The Kier molecular flexibility index (Phi) is 10.5. The van der Waals surface area contributed by atoms with E-state index in [1.807, 2.05) is 24.3 Å². The molecule has 1 fully saturated rings. The number of carbonyl (C=O) groups excluding carboxylic acids is 1. The first-order valence-corrected chi connectivity index (χ1v) is 8.92. The van der Waals surface area contributed by atoms with Gasteiger partial charge in [0, 0.05) is 26.6 Å². The maximum Gasteiger partial charge on any atom is 0.224 e. The van der Waals surface area contributed by atoms with Gasteiger partial charge in [-0.3, -0.25) is 4.79 Å². The minimum Gasteiger partial charge on any atom is -0.491 e. The lowest BCUT2D eigenvalue weighted by Crippen LogP contribution is -2.32. The highest BCUT2D eigenvalue weighted by molar-refractivity contribution is 5.92. The molecule has 5 nitrogen and oxygen atoms in total. The Hall–Kier alpha value is -1.30. The van der Waals surface area contributed by atoms with Gasteiger partial charge in [0.1, 0.15) is 5.75 Å². The smallest absolute Gasteiger partial charge is 0.224 e. The van der Waals surface area contributed by atoms with Crippen molar-refractivity contribution in [2.24, 2.45) is 11.8 Å². The van der Waals surface area contributed by atoms with E-state index in [1.54, 1.807) is 7.11 Å². The predicted molar refractivity (Wildman–Crippen MR) is 104 cm³/mol. The van der Waals surface area contributed by atoms with Crippen LogP contribution in [0.4, 0.5) is 5.69 Å². The number of benzene rings is 1. The topological polar surface area (TPSA) is 59.6 Å². The molecule has 1 unspecified atom stereocenters. The van der Waals surface area contributed by atoms with E-state index in [2.05, 4.69) is 17.6 Å². The Morgan fingerprint density at radius 1 is 1.28 bits per heavy atom. The van der Waals surface area contributed by atoms with Gasteiger partial charge >= 0.3 is 0 Å². The van der Waals surface area contributed by atoms with Gasteiger partial charge in [-0.15, -0.1) is 12.4 Å². The number of para-hydroxylation sites is 2. The van der Waals surface area contributed by atoms with Gasteiger partial charge in [-0.2, -0.15) is 0 Å². The number of nitrogens with one attached hydrogen (secondary N) is 2. The molecule has 0 aromatic heterocycles.